The van der Waals surface area contributed by atoms with E-state index in [2.05, 4.69) is 5.43 Å². The first-order chi connectivity index (χ1) is 8.29. The average molecular weight is 229 g/mol. The van der Waals surface area contributed by atoms with Gasteiger partial charge in [-0.2, -0.15) is 0 Å². The summed E-state index contributed by atoms with van der Waals surface area (Å²) < 4.78 is 6.63. The van der Waals surface area contributed by atoms with Crippen LogP contribution in [0.25, 0.3) is 0 Å². The number of ether oxygens (including phenoxy) is 1. The highest BCUT2D eigenvalue weighted by atomic mass is 16.5. The van der Waals surface area contributed by atoms with Gasteiger partial charge < -0.3 is 4.74 Å². The van der Waals surface area contributed by atoms with Gasteiger partial charge in [0.15, 0.2) is 12.4 Å². The summed E-state index contributed by atoms with van der Waals surface area (Å²) >= 11 is 0. The van der Waals surface area contributed by atoms with Crippen LogP contribution in [-0.4, -0.2) is 13.0 Å². The molecule has 1 aromatic carbocycles. The zero-order valence-corrected chi connectivity index (χ0v) is 9.46. The smallest absolute Gasteiger partial charge is 0.305 e. The molecule has 0 aliphatic rings. The Balaban J connectivity index is 2.09. The van der Waals surface area contributed by atoms with Crippen molar-refractivity contribution in [2.45, 2.75) is 0 Å². The number of hydrogen-bond donors (Lipinski definition) is 1. The molecule has 1 amide bonds. The number of pyridine rings is 1. The standard InChI is InChI=1S/C13H12N2O2/c1-17-12-7-5-11(6-8-12)13(16)14-15-9-3-2-4-10-15/h2-10H,1H3/p+1. The number of nitrogens with zero attached hydrogens (tertiary/aromatic N) is 1. The molecule has 0 spiro atoms. The van der Waals surface area contributed by atoms with E-state index in [9.17, 15) is 4.79 Å². The van der Waals surface area contributed by atoms with Crippen LogP contribution in [0.5, 0.6) is 5.75 Å². The Morgan fingerprint density at radius 3 is 2.35 bits per heavy atom. The molecule has 17 heavy (non-hydrogen) atoms. The van der Waals surface area contributed by atoms with Crippen molar-refractivity contribution in [2.24, 2.45) is 0 Å². The van der Waals surface area contributed by atoms with Gasteiger partial charge in [0, 0.05) is 17.7 Å². The van der Waals surface area contributed by atoms with Gasteiger partial charge in [-0.05, 0) is 24.3 Å². The van der Waals surface area contributed by atoms with E-state index in [-0.39, 0.29) is 5.91 Å². The zero-order chi connectivity index (χ0) is 12.1. The number of carbonyl (C=O) groups is 1. The second kappa shape index (κ2) is 5.12. The summed E-state index contributed by atoms with van der Waals surface area (Å²) in [4.78, 5) is 11.8. The molecule has 1 heterocycles. The molecule has 86 valence electrons. The molecule has 0 bridgehead atoms. The van der Waals surface area contributed by atoms with Gasteiger partial charge in [-0.3, -0.25) is 4.79 Å². The second-order valence-corrected chi connectivity index (χ2v) is 3.45. The highest BCUT2D eigenvalue weighted by Gasteiger charge is 2.09. The highest BCUT2D eigenvalue weighted by molar-refractivity contribution is 5.98. The molecule has 2 aromatic rings. The molecular formula is C13H13N2O2+. The van der Waals surface area contributed by atoms with Crippen molar-refractivity contribution in [3.8, 4) is 5.75 Å². The van der Waals surface area contributed by atoms with Crippen molar-refractivity contribution in [1.29, 1.82) is 0 Å². The number of carbonyl (C=O) groups excluding carboxylic acids is 1. The van der Waals surface area contributed by atoms with E-state index in [4.69, 9.17) is 4.74 Å². The summed E-state index contributed by atoms with van der Waals surface area (Å²) in [6, 6.07) is 12.5. The summed E-state index contributed by atoms with van der Waals surface area (Å²) in [5.41, 5.74) is 3.32. The Kier molecular flexibility index (Phi) is 3.35. The van der Waals surface area contributed by atoms with E-state index in [0.29, 0.717) is 5.56 Å². The molecule has 1 N–H and O–H groups in total. The van der Waals surface area contributed by atoms with Crippen molar-refractivity contribution in [3.63, 3.8) is 0 Å². The topological polar surface area (TPSA) is 42.2 Å². The van der Waals surface area contributed by atoms with Gasteiger partial charge in [0.25, 0.3) is 0 Å². The Labute approximate surface area is 99.4 Å². The molecular weight excluding hydrogens is 216 g/mol. The normalized spacial score (nSPS) is 9.71. The van der Waals surface area contributed by atoms with Crippen LogP contribution in [0.1, 0.15) is 10.4 Å². The Hall–Kier alpha value is -2.36. The first-order valence-corrected chi connectivity index (χ1v) is 5.21. The lowest BCUT2D eigenvalue weighted by molar-refractivity contribution is -0.641. The number of benzene rings is 1. The fourth-order valence-electron chi connectivity index (χ4n) is 1.40. The third kappa shape index (κ3) is 2.81. The Morgan fingerprint density at radius 2 is 1.76 bits per heavy atom. The van der Waals surface area contributed by atoms with Crippen molar-refractivity contribution in [2.75, 3.05) is 12.5 Å². The Bertz CT molecular complexity index is 495. The molecule has 4 heteroatoms. The fourth-order valence-corrected chi connectivity index (χ4v) is 1.40. The quantitative estimate of drug-likeness (QED) is 0.808. The maximum absolute atomic E-state index is 11.8. The second-order valence-electron chi connectivity index (χ2n) is 3.45. The van der Waals surface area contributed by atoms with Crippen LogP contribution >= 0.6 is 0 Å². The summed E-state index contributed by atoms with van der Waals surface area (Å²) in [6.45, 7) is 0. The van der Waals surface area contributed by atoms with Crippen molar-refractivity contribution in [1.82, 2.24) is 0 Å². The number of amides is 1. The molecule has 0 radical (unpaired) electrons. The third-order valence-corrected chi connectivity index (χ3v) is 2.30. The lowest BCUT2D eigenvalue weighted by atomic mass is 10.2. The monoisotopic (exact) mass is 229 g/mol. The van der Waals surface area contributed by atoms with Gasteiger partial charge in [-0.15, -0.1) is 5.43 Å². The van der Waals surface area contributed by atoms with E-state index in [1.54, 1.807) is 48.4 Å². The minimum absolute atomic E-state index is 0.163. The number of nitrogens with one attached hydrogen (secondary N) is 1. The van der Waals surface area contributed by atoms with Gasteiger partial charge in [0.05, 0.1) is 7.11 Å². The highest BCUT2D eigenvalue weighted by Crippen LogP contribution is 2.10. The summed E-state index contributed by atoms with van der Waals surface area (Å²) in [7, 11) is 1.59. The Morgan fingerprint density at radius 1 is 1.12 bits per heavy atom. The van der Waals surface area contributed by atoms with Gasteiger partial charge in [0.2, 0.25) is 0 Å². The number of hydrogen-bond acceptors (Lipinski definition) is 2. The summed E-state index contributed by atoms with van der Waals surface area (Å²) in [6.07, 6.45) is 3.53. The zero-order valence-electron chi connectivity index (χ0n) is 9.46. The molecule has 0 aliphatic carbocycles. The molecule has 4 nitrogen and oxygen atoms in total. The van der Waals surface area contributed by atoms with Crippen LogP contribution in [0.15, 0.2) is 54.9 Å². The third-order valence-electron chi connectivity index (χ3n) is 2.30. The van der Waals surface area contributed by atoms with E-state index < -0.39 is 0 Å². The van der Waals surface area contributed by atoms with Gasteiger partial charge in [-0.1, -0.05) is 10.7 Å². The predicted molar refractivity (Wildman–Crippen MR) is 63.3 cm³/mol. The van der Waals surface area contributed by atoms with Crippen molar-refractivity contribution < 1.29 is 14.2 Å². The number of rotatable bonds is 3. The molecule has 0 saturated heterocycles. The van der Waals surface area contributed by atoms with Crippen LogP contribution in [0.2, 0.25) is 0 Å². The van der Waals surface area contributed by atoms with E-state index in [1.807, 2.05) is 18.2 Å². The molecule has 2 rings (SSSR count). The minimum atomic E-state index is -0.163. The van der Waals surface area contributed by atoms with Gasteiger partial charge in [0.1, 0.15) is 5.75 Å². The number of methoxy groups -OCH3 is 1. The van der Waals surface area contributed by atoms with Crippen LogP contribution in [0.3, 0.4) is 0 Å². The van der Waals surface area contributed by atoms with Crippen LogP contribution in [-0.2, 0) is 0 Å². The summed E-state index contributed by atoms with van der Waals surface area (Å²) in [5, 5.41) is 0. The fraction of sp³-hybridized carbons (Fsp3) is 0.0769. The summed E-state index contributed by atoms with van der Waals surface area (Å²) in [5.74, 6) is 0.567. The molecule has 0 unspecified atom stereocenters. The molecule has 0 saturated carbocycles. The van der Waals surface area contributed by atoms with Crippen molar-refractivity contribution in [3.05, 3.63) is 60.4 Å². The largest absolute Gasteiger partial charge is 0.497 e. The first kappa shape index (κ1) is 11.1. The average Bonchev–Trinajstić information content (AvgIpc) is 2.40. The molecule has 0 fully saturated rings. The van der Waals surface area contributed by atoms with E-state index in [0.717, 1.165) is 5.75 Å². The predicted octanol–water partition coefficient (Wildman–Crippen LogP) is 1.37. The van der Waals surface area contributed by atoms with E-state index >= 15 is 0 Å². The molecule has 1 aromatic heterocycles. The maximum atomic E-state index is 11.8. The molecule has 0 atom stereocenters. The number of aromatic nitrogens is 1. The van der Waals surface area contributed by atoms with Gasteiger partial charge in [-0.25, -0.2) is 0 Å². The maximum Gasteiger partial charge on any atom is 0.305 e. The van der Waals surface area contributed by atoms with Crippen molar-refractivity contribution >= 4 is 5.91 Å². The van der Waals surface area contributed by atoms with Crippen LogP contribution < -0.4 is 14.8 Å². The van der Waals surface area contributed by atoms with Crippen LogP contribution in [0.4, 0.5) is 0 Å². The molecule has 0 aliphatic heterocycles. The lowest BCUT2D eigenvalue weighted by Crippen LogP contribution is -2.47. The lowest BCUT2D eigenvalue weighted by Gasteiger charge is -2.01. The van der Waals surface area contributed by atoms with Gasteiger partial charge >= 0.3 is 5.91 Å². The van der Waals surface area contributed by atoms with E-state index in [1.165, 1.54) is 0 Å². The van der Waals surface area contributed by atoms with Crippen LogP contribution in [0, 0.1) is 0 Å². The SMILES string of the molecule is COc1ccc(C(=O)N[n+]2ccccc2)cc1. The first-order valence-electron chi connectivity index (χ1n) is 5.21. The minimum Gasteiger partial charge on any atom is -0.497 e.